The number of aromatic nitrogens is 1. The first-order valence-corrected chi connectivity index (χ1v) is 6.25. The van der Waals surface area contributed by atoms with Crippen molar-refractivity contribution >= 4 is 17.5 Å². The van der Waals surface area contributed by atoms with Crippen LogP contribution < -0.4 is 0 Å². The van der Waals surface area contributed by atoms with E-state index in [9.17, 15) is 4.79 Å². The van der Waals surface area contributed by atoms with Gasteiger partial charge in [0.05, 0.1) is 5.56 Å². The van der Waals surface area contributed by atoms with Crippen LogP contribution in [0.15, 0.2) is 23.2 Å². The Morgan fingerprint density at radius 3 is 2.88 bits per heavy atom. The van der Waals surface area contributed by atoms with E-state index in [1.54, 1.807) is 13.0 Å². The van der Waals surface area contributed by atoms with Gasteiger partial charge in [-0.25, -0.2) is 4.98 Å². The lowest BCUT2D eigenvalue weighted by atomic mass is 10.1. The Labute approximate surface area is 106 Å². The number of carbonyl (C=O) groups is 1. The summed E-state index contributed by atoms with van der Waals surface area (Å²) in [5.41, 5.74) is 1.67. The van der Waals surface area contributed by atoms with Gasteiger partial charge < -0.3 is 0 Å². The highest BCUT2D eigenvalue weighted by Crippen LogP contribution is 2.23. The Balaban J connectivity index is 3.11. The predicted octanol–water partition coefficient (Wildman–Crippen LogP) is 3.13. The van der Waals surface area contributed by atoms with Gasteiger partial charge in [0.1, 0.15) is 11.1 Å². The van der Waals surface area contributed by atoms with Crippen LogP contribution in [0.5, 0.6) is 0 Å². The molecule has 0 aliphatic heterocycles. The van der Waals surface area contributed by atoms with Crippen molar-refractivity contribution in [1.29, 1.82) is 5.26 Å². The van der Waals surface area contributed by atoms with Crippen LogP contribution in [0.25, 0.3) is 0 Å². The Hall–Kier alpha value is -1.60. The predicted molar refractivity (Wildman–Crippen MR) is 69.2 cm³/mol. The van der Waals surface area contributed by atoms with E-state index in [1.807, 2.05) is 19.1 Å². The van der Waals surface area contributed by atoms with Crippen LogP contribution in [-0.4, -0.2) is 16.5 Å². The summed E-state index contributed by atoms with van der Waals surface area (Å²) in [7, 11) is 0. The minimum atomic E-state index is -0.0588. The molecular formula is C13H14N2OS. The van der Waals surface area contributed by atoms with Gasteiger partial charge in [-0.15, -0.1) is 11.8 Å². The summed E-state index contributed by atoms with van der Waals surface area (Å²) in [6.45, 7) is 5.22. The fourth-order valence-corrected chi connectivity index (χ4v) is 2.26. The van der Waals surface area contributed by atoms with E-state index in [4.69, 9.17) is 5.26 Å². The number of hydrogen-bond acceptors (Lipinski definition) is 4. The molecule has 0 bridgehead atoms. The third kappa shape index (κ3) is 3.43. The molecular weight excluding hydrogens is 232 g/mol. The summed E-state index contributed by atoms with van der Waals surface area (Å²) in [5, 5.41) is 9.73. The molecule has 0 fully saturated rings. The molecule has 1 rings (SSSR count). The smallest absolute Gasteiger partial charge is 0.161 e. The maximum atomic E-state index is 11.3. The molecule has 0 N–H and O–H groups in total. The second kappa shape index (κ2) is 6.21. The van der Waals surface area contributed by atoms with Crippen molar-refractivity contribution < 1.29 is 4.79 Å². The molecule has 0 amide bonds. The molecule has 0 atom stereocenters. The number of rotatable bonds is 4. The van der Waals surface area contributed by atoms with Gasteiger partial charge in [0, 0.05) is 17.0 Å². The van der Waals surface area contributed by atoms with Crippen LogP contribution in [0.4, 0.5) is 0 Å². The first-order chi connectivity index (χ1) is 8.10. The monoisotopic (exact) mass is 246 g/mol. The van der Waals surface area contributed by atoms with E-state index in [0.29, 0.717) is 21.8 Å². The van der Waals surface area contributed by atoms with E-state index in [0.717, 1.165) is 5.75 Å². The van der Waals surface area contributed by atoms with Crippen molar-refractivity contribution in [3.8, 4) is 6.07 Å². The number of carbonyl (C=O) groups excluding carboxylic acids is 1. The number of nitriles is 1. The van der Waals surface area contributed by atoms with Crippen molar-refractivity contribution in [2.75, 3.05) is 5.75 Å². The van der Waals surface area contributed by atoms with Crippen LogP contribution in [0, 0.1) is 18.3 Å². The molecule has 1 aromatic rings. The number of thioether (sulfide) groups is 1. The van der Waals surface area contributed by atoms with Crippen molar-refractivity contribution in [2.24, 2.45) is 0 Å². The molecule has 1 heterocycles. The van der Waals surface area contributed by atoms with Crippen LogP contribution in [0.3, 0.4) is 0 Å². The Kier molecular flexibility index (Phi) is 4.92. The van der Waals surface area contributed by atoms with Gasteiger partial charge in [-0.3, -0.25) is 4.79 Å². The van der Waals surface area contributed by atoms with E-state index in [2.05, 4.69) is 11.1 Å². The van der Waals surface area contributed by atoms with Crippen molar-refractivity contribution in [1.82, 2.24) is 4.98 Å². The lowest BCUT2D eigenvalue weighted by molar-refractivity contribution is 0.101. The van der Waals surface area contributed by atoms with Gasteiger partial charge in [-0.1, -0.05) is 12.2 Å². The zero-order valence-corrected chi connectivity index (χ0v) is 11.0. The van der Waals surface area contributed by atoms with Gasteiger partial charge in [0.15, 0.2) is 5.78 Å². The van der Waals surface area contributed by atoms with Crippen molar-refractivity contribution in [3.63, 3.8) is 0 Å². The molecule has 1 aromatic heterocycles. The zero-order chi connectivity index (χ0) is 12.8. The fourth-order valence-electron chi connectivity index (χ4n) is 1.35. The number of aryl methyl sites for hydroxylation is 1. The maximum absolute atomic E-state index is 11.3. The molecule has 4 heteroatoms. The van der Waals surface area contributed by atoms with E-state index in [1.165, 1.54) is 18.7 Å². The SMILES string of the molecule is C/C=C/CSc1nc(C)c(C(C)=O)cc1C#N. The highest BCUT2D eigenvalue weighted by atomic mass is 32.2. The number of nitrogens with zero attached hydrogens (tertiary/aromatic N) is 2. The van der Waals surface area contributed by atoms with Crippen LogP contribution in [0.2, 0.25) is 0 Å². The van der Waals surface area contributed by atoms with Gasteiger partial charge in [0.25, 0.3) is 0 Å². The molecule has 17 heavy (non-hydrogen) atoms. The number of ketones is 1. The normalized spacial score (nSPS) is 10.5. The summed E-state index contributed by atoms with van der Waals surface area (Å²) in [6, 6.07) is 3.71. The molecule has 3 nitrogen and oxygen atoms in total. The Bertz CT molecular complexity index is 501. The first-order valence-electron chi connectivity index (χ1n) is 5.26. The number of pyridine rings is 1. The number of Topliss-reactive ketones (excluding diaryl/α,β-unsaturated/α-hetero) is 1. The highest BCUT2D eigenvalue weighted by molar-refractivity contribution is 7.99. The summed E-state index contributed by atoms with van der Waals surface area (Å²) in [5.74, 6) is 0.716. The van der Waals surface area contributed by atoms with Gasteiger partial charge in [-0.2, -0.15) is 5.26 Å². The minimum absolute atomic E-state index is 0.0588. The Morgan fingerprint density at radius 2 is 2.35 bits per heavy atom. The largest absolute Gasteiger partial charge is 0.294 e. The molecule has 0 unspecified atom stereocenters. The summed E-state index contributed by atoms with van der Waals surface area (Å²) < 4.78 is 0. The Morgan fingerprint density at radius 1 is 1.65 bits per heavy atom. The lowest BCUT2D eigenvalue weighted by Crippen LogP contribution is -2.02. The average Bonchev–Trinajstić information content (AvgIpc) is 2.29. The van der Waals surface area contributed by atoms with Crippen molar-refractivity contribution in [2.45, 2.75) is 25.8 Å². The zero-order valence-electron chi connectivity index (χ0n) is 10.2. The number of allylic oxidation sites excluding steroid dienone is 1. The van der Waals surface area contributed by atoms with E-state index >= 15 is 0 Å². The lowest BCUT2D eigenvalue weighted by Gasteiger charge is -2.06. The van der Waals surface area contributed by atoms with Gasteiger partial charge in [-0.05, 0) is 26.8 Å². The van der Waals surface area contributed by atoms with E-state index in [-0.39, 0.29) is 5.78 Å². The molecule has 0 aromatic carbocycles. The van der Waals surface area contributed by atoms with Crippen LogP contribution in [0.1, 0.15) is 35.5 Å². The molecule has 0 radical (unpaired) electrons. The number of hydrogen-bond donors (Lipinski definition) is 0. The second-order valence-electron chi connectivity index (χ2n) is 3.52. The summed E-state index contributed by atoms with van der Waals surface area (Å²) in [6.07, 6.45) is 3.96. The van der Waals surface area contributed by atoms with Crippen LogP contribution in [-0.2, 0) is 0 Å². The molecule has 0 spiro atoms. The summed E-state index contributed by atoms with van der Waals surface area (Å²) >= 11 is 1.50. The van der Waals surface area contributed by atoms with Crippen molar-refractivity contribution in [3.05, 3.63) is 35.0 Å². The highest BCUT2D eigenvalue weighted by Gasteiger charge is 2.11. The van der Waals surface area contributed by atoms with Gasteiger partial charge in [0.2, 0.25) is 0 Å². The van der Waals surface area contributed by atoms with E-state index < -0.39 is 0 Å². The average molecular weight is 246 g/mol. The third-order valence-electron chi connectivity index (χ3n) is 2.23. The second-order valence-corrected chi connectivity index (χ2v) is 4.53. The van der Waals surface area contributed by atoms with Gasteiger partial charge >= 0.3 is 0 Å². The standard InChI is InChI=1S/C13H14N2OS/c1-4-5-6-17-13-11(8-14)7-12(10(3)16)9(2)15-13/h4-5,7H,6H2,1-3H3/b5-4+. The molecule has 0 saturated carbocycles. The quantitative estimate of drug-likeness (QED) is 0.465. The topological polar surface area (TPSA) is 53.8 Å². The summed E-state index contributed by atoms with van der Waals surface area (Å²) in [4.78, 5) is 15.7. The molecule has 0 aliphatic carbocycles. The minimum Gasteiger partial charge on any atom is -0.294 e. The fraction of sp³-hybridized carbons (Fsp3) is 0.308. The molecule has 0 aliphatic rings. The van der Waals surface area contributed by atoms with Crippen LogP contribution >= 0.6 is 11.8 Å². The molecule has 0 saturated heterocycles. The molecule has 88 valence electrons. The maximum Gasteiger partial charge on any atom is 0.161 e. The third-order valence-corrected chi connectivity index (χ3v) is 3.17. The first kappa shape index (κ1) is 13.5.